The Kier molecular flexibility index (Phi) is 8.61. The van der Waals surface area contributed by atoms with Crippen LogP contribution in [0.5, 0.6) is 5.75 Å². The van der Waals surface area contributed by atoms with Gasteiger partial charge in [-0.05, 0) is 92.5 Å². The van der Waals surface area contributed by atoms with E-state index in [0.29, 0.717) is 35.7 Å². The molecule has 44 heavy (non-hydrogen) atoms. The lowest BCUT2D eigenvalue weighted by Gasteiger charge is -2.34. The van der Waals surface area contributed by atoms with Crippen LogP contribution in [0.3, 0.4) is 0 Å². The van der Waals surface area contributed by atoms with Crippen molar-refractivity contribution in [3.05, 3.63) is 81.9 Å². The molecule has 10 heteroatoms. The fourth-order valence-corrected chi connectivity index (χ4v) is 8.41. The minimum atomic E-state index is -3.71. The van der Waals surface area contributed by atoms with E-state index in [1.165, 1.54) is 7.11 Å². The van der Waals surface area contributed by atoms with Crippen LogP contribution in [0.15, 0.2) is 53.4 Å². The Morgan fingerprint density at radius 3 is 2.52 bits per heavy atom. The fraction of sp³-hybridized carbons (Fsp3) is 0.441. The van der Waals surface area contributed by atoms with E-state index in [4.69, 9.17) is 9.47 Å². The van der Waals surface area contributed by atoms with Crippen molar-refractivity contribution in [2.45, 2.75) is 71.9 Å². The summed E-state index contributed by atoms with van der Waals surface area (Å²) in [5.74, 6) is -0.0457. The smallest absolute Gasteiger partial charge is 0.312 e. The van der Waals surface area contributed by atoms with E-state index in [1.807, 2.05) is 71.0 Å². The second-order valence-corrected chi connectivity index (χ2v) is 14.3. The summed E-state index contributed by atoms with van der Waals surface area (Å²) in [6, 6.07) is 15.3. The van der Waals surface area contributed by atoms with Gasteiger partial charge in [-0.15, -0.1) is 5.10 Å². The Labute approximate surface area is 260 Å². The Balaban J connectivity index is 1.67. The average Bonchev–Trinajstić information content (AvgIpc) is 3.40. The van der Waals surface area contributed by atoms with Gasteiger partial charge >= 0.3 is 5.97 Å². The first-order chi connectivity index (χ1) is 20.8. The van der Waals surface area contributed by atoms with Crippen LogP contribution in [-0.4, -0.2) is 54.5 Å². The predicted molar refractivity (Wildman–Crippen MR) is 170 cm³/mol. The van der Waals surface area contributed by atoms with Crippen molar-refractivity contribution < 1.29 is 22.7 Å². The molecule has 0 bridgehead atoms. The van der Waals surface area contributed by atoms with Crippen molar-refractivity contribution in [1.29, 1.82) is 0 Å². The van der Waals surface area contributed by atoms with Crippen molar-refractivity contribution in [3.8, 4) is 5.75 Å². The van der Waals surface area contributed by atoms with Gasteiger partial charge in [-0.3, -0.25) is 4.79 Å². The number of aromatic nitrogens is 3. The van der Waals surface area contributed by atoms with Gasteiger partial charge in [0.2, 0.25) is 10.0 Å². The summed E-state index contributed by atoms with van der Waals surface area (Å²) in [5, 5.41) is 8.82. The molecule has 3 aromatic carbocycles. The molecule has 0 aliphatic carbocycles. The molecule has 234 valence electrons. The number of ether oxygens (including phenoxy) is 2. The summed E-state index contributed by atoms with van der Waals surface area (Å²) < 4.78 is 42.4. The highest BCUT2D eigenvalue weighted by Gasteiger charge is 2.42. The van der Waals surface area contributed by atoms with Crippen LogP contribution in [-0.2, 0) is 39.1 Å². The van der Waals surface area contributed by atoms with Gasteiger partial charge in [0, 0.05) is 25.6 Å². The molecular formula is C34H42N4O5S. The van der Waals surface area contributed by atoms with Crippen molar-refractivity contribution in [2.24, 2.45) is 11.3 Å². The van der Waals surface area contributed by atoms with Gasteiger partial charge in [0.05, 0.1) is 24.5 Å². The topological polar surface area (TPSA) is 104 Å². The summed E-state index contributed by atoms with van der Waals surface area (Å²) in [6.07, 6.45) is 0.701. The molecular weight excluding hydrogens is 576 g/mol. The number of carbonyl (C=O) groups is 1. The Morgan fingerprint density at radius 2 is 1.84 bits per heavy atom. The van der Waals surface area contributed by atoms with Crippen molar-refractivity contribution in [1.82, 2.24) is 19.3 Å². The molecule has 0 spiro atoms. The van der Waals surface area contributed by atoms with Crippen molar-refractivity contribution in [2.75, 3.05) is 20.8 Å². The third kappa shape index (κ3) is 5.38. The van der Waals surface area contributed by atoms with Crippen molar-refractivity contribution in [3.63, 3.8) is 0 Å². The Bertz CT molecular complexity index is 1830. The monoisotopic (exact) mass is 618 g/mol. The zero-order valence-electron chi connectivity index (χ0n) is 26.8. The number of benzene rings is 3. The van der Waals surface area contributed by atoms with Crippen LogP contribution in [0, 0.1) is 25.2 Å². The number of rotatable bonds is 8. The number of methoxy groups -OCH3 is 2. The van der Waals surface area contributed by atoms with Crippen LogP contribution in [0.4, 0.5) is 0 Å². The van der Waals surface area contributed by atoms with Gasteiger partial charge < -0.3 is 9.47 Å². The maximum absolute atomic E-state index is 13.9. The molecule has 1 aliphatic rings. The Morgan fingerprint density at radius 1 is 1.11 bits per heavy atom. The van der Waals surface area contributed by atoms with Crippen LogP contribution in [0.2, 0.25) is 0 Å². The molecule has 0 fully saturated rings. The van der Waals surface area contributed by atoms with Gasteiger partial charge in [0.15, 0.2) is 0 Å². The molecule has 4 aromatic rings. The van der Waals surface area contributed by atoms with E-state index >= 15 is 0 Å². The van der Waals surface area contributed by atoms with E-state index in [9.17, 15) is 13.2 Å². The molecule has 0 amide bonds. The minimum Gasteiger partial charge on any atom is -0.494 e. The first-order valence-electron chi connectivity index (χ1n) is 15.0. The van der Waals surface area contributed by atoms with Gasteiger partial charge in [0.25, 0.3) is 0 Å². The lowest BCUT2D eigenvalue weighted by molar-refractivity contribution is -0.151. The number of hydrogen-bond acceptors (Lipinski definition) is 7. The highest BCUT2D eigenvalue weighted by Crippen LogP contribution is 2.46. The van der Waals surface area contributed by atoms with Crippen LogP contribution >= 0.6 is 0 Å². The summed E-state index contributed by atoms with van der Waals surface area (Å²) in [7, 11) is -0.699. The van der Waals surface area contributed by atoms with E-state index < -0.39 is 21.4 Å². The van der Waals surface area contributed by atoms with Crippen LogP contribution in [0.25, 0.3) is 11.0 Å². The Hall–Kier alpha value is -3.76. The molecule has 9 nitrogen and oxygen atoms in total. The fourth-order valence-electron chi connectivity index (χ4n) is 6.64. The molecule has 0 saturated heterocycles. The van der Waals surface area contributed by atoms with Crippen LogP contribution in [0.1, 0.15) is 67.0 Å². The third-order valence-corrected chi connectivity index (χ3v) is 10.9. The van der Waals surface area contributed by atoms with Crippen LogP contribution < -0.4 is 4.74 Å². The molecule has 2 atom stereocenters. The highest BCUT2D eigenvalue weighted by molar-refractivity contribution is 7.89. The second kappa shape index (κ2) is 12.0. The second-order valence-electron chi connectivity index (χ2n) is 12.4. The number of sulfonamides is 1. The number of fused-ring (bicyclic) bond motifs is 2. The van der Waals surface area contributed by atoms with E-state index in [2.05, 4.69) is 17.2 Å². The summed E-state index contributed by atoms with van der Waals surface area (Å²) in [4.78, 5) is 13.7. The van der Waals surface area contributed by atoms with E-state index in [0.717, 1.165) is 38.9 Å². The number of hydrogen-bond donors (Lipinski definition) is 0. The van der Waals surface area contributed by atoms with Gasteiger partial charge in [-0.1, -0.05) is 48.5 Å². The number of carbonyl (C=O) groups excluding carboxylic acids is 1. The number of esters is 1. The lowest BCUT2D eigenvalue weighted by atomic mass is 9.69. The summed E-state index contributed by atoms with van der Waals surface area (Å²) in [6.45, 7) is 13.1. The zero-order valence-corrected chi connectivity index (χ0v) is 27.7. The molecule has 5 rings (SSSR count). The quantitative estimate of drug-likeness (QED) is 0.230. The number of aryl methyl sites for hydroxylation is 3. The average molecular weight is 619 g/mol. The molecule has 2 heterocycles. The summed E-state index contributed by atoms with van der Waals surface area (Å²) >= 11 is 0. The normalized spacial score (nSPS) is 17.6. The van der Waals surface area contributed by atoms with Gasteiger partial charge in [-0.25, -0.2) is 13.1 Å². The molecule has 0 N–H and O–H groups in total. The molecule has 1 aliphatic heterocycles. The third-order valence-electron chi connectivity index (χ3n) is 9.03. The van der Waals surface area contributed by atoms with Gasteiger partial charge in [0.1, 0.15) is 16.8 Å². The SMILES string of the molecule is CCn1nnc2c(C)c([C@H](c3ccc(C)c(CN4C[C@H](C)Cc5ccccc5S4(=O)=O)c3)C(C)(C)C(=O)OC)cc(OC)c21. The standard InChI is InChI=1S/C34H42N4O5S/c1-9-38-32-28(42-7)18-27(23(4)31(32)35-36-38)30(34(5,6)33(39)43-8)25-15-14-22(3)26(17-25)20-37-19-21(2)16-24-12-10-11-13-29(24)44(37,40)41/h10-15,17-18,21,30H,9,16,19-20H2,1-8H3/t21-,30+/m1/s1. The maximum atomic E-state index is 13.9. The largest absolute Gasteiger partial charge is 0.494 e. The maximum Gasteiger partial charge on any atom is 0.312 e. The van der Waals surface area contributed by atoms with Gasteiger partial charge in [-0.2, -0.15) is 4.31 Å². The zero-order chi connectivity index (χ0) is 32.0. The lowest BCUT2D eigenvalue weighted by Crippen LogP contribution is -2.34. The minimum absolute atomic E-state index is 0.154. The first kappa shape index (κ1) is 31.7. The molecule has 0 saturated carbocycles. The number of nitrogens with zero attached hydrogens (tertiary/aromatic N) is 4. The highest BCUT2D eigenvalue weighted by atomic mass is 32.2. The van der Waals surface area contributed by atoms with E-state index in [1.54, 1.807) is 28.2 Å². The predicted octanol–water partition coefficient (Wildman–Crippen LogP) is 5.79. The molecule has 1 aromatic heterocycles. The molecule has 0 unspecified atom stereocenters. The van der Waals surface area contributed by atoms with Crippen molar-refractivity contribution >= 4 is 27.0 Å². The first-order valence-corrected chi connectivity index (χ1v) is 16.5. The molecule has 0 radical (unpaired) electrons. The summed E-state index contributed by atoms with van der Waals surface area (Å²) in [5.41, 5.74) is 5.86. The van der Waals surface area contributed by atoms with E-state index in [-0.39, 0.29) is 18.4 Å².